The van der Waals surface area contributed by atoms with E-state index in [0.717, 1.165) is 18.5 Å². The lowest BCUT2D eigenvalue weighted by Gasteiger charge is -2.14. The van der Waals surface area contributed by atoms with Gasteiger partial charge in [0.15, 0.2) is 0 Å². The standard InChI is InChI=1S/C16H15N/c1-12-11-16(13-7-3-2-4-8-13)17-15-10-6-5-9-14(12)15/h2-5,7-9,11H,6,10H2,1H3. The molecule has 84 valence electrons. The summed E-state index contributed by atoms with van der Waals surface area (Å²) in [7, 11) is 0. The van der Waals surface area contributed by atoms with Gasteiger partial charge in [0.25, 0.3) is 0 Å². The summed E-state index contributed by atoms with van der Waals surface area (Å²) in [6, 6.07) is 12.6. The van der Waals surface area contributed by atoms with E-state index in [1.54, 1.807) is 0 Å². The maximum Gasteiger partial charge on any atom is 0.0708 e. The van der Waals surface area contributed by atoms with Gasteiger partial charge in [0.05, 0.1) is 5.69 Å². The predicted molar refractivity (Wildman–Crippen MR) is 71.8 cm³/mol. The summed E-state index contributed by atoms with van der Waals surface area (Å²) >= 11 is 0. The van der Waals surface area contributed by atoms with Crippen LogP contribution in [-0.4, -0.2) is 4.98 Å². The van der Waals surface area contributed by atoms with Crippen molar-refractivity contribution in [2.24, 2.45) is 0 Å². The van der Waals surface area contributed by atoms with Crippen LogP contribution in [0.1, 0.15) is 23.2 Å². The molecule has 3 rings (SSSR count). The number of benzene rings is 1. The van der Waals surface area contributed by atoms with Crippen molar-refractivity contribution in [2.75, 3.05) is 0 Å². The van der Waals surface area contributed by atoms with Gasteiger partial charge in [-0.05, 0) is 37.0 Å². The highest BCUT2D eigenvalue weighted by molar-refractivity contribution is 5.66. The van der Waals surface area contributed by atoms with Gasteiger partial charge in [-0.1, -0.05) is 42.5 Å². The Bertz CT molecular complexity index is 568. The molecule has 0 bridgehead atoms. The molecule has 0 saturated carbocycles. The number of aromatic nitrogens is 1. The SMILES string of the molecule is Cc1cc(-c2ccccc2)nc2c1C=CCC2. The van der Waals surface area contributed by atoms with Crippen molar-refractivity contribution >= 4 is 6.08 Å². The smallest absolute Gasteiger partial charge is 0.0708 e. The number of rotatable bonds is 1. The summed E-state index contributed by atoms with van der Waals surface area (Å²) in [5, 5.41) is 0. The molecule has 1 aliphatic rings. The van der Waals surface area contributed by atoms with Crippen LogP contribution in [0, 0.1) is 6.92 Å². The topological polar surface area (TPSA) is 12.9 Å². The van der Waals surface area contributed by atoms with Crippen molar-refractivity contribution < 1.29 is 0 Å². The van der Waals surface area contributed by atoms with Crippen molar-refractivity contribution in [3.63, 3.8) is 0 Å². The molecule has 1 aliphatic carbocycles. The van der Waals surface area contributed by atoms with E-state index in [1.165, 1.54) is 22.4 Å². The Morgan fingerprint density at radius 1 is 1.12 bits per heavy atom. The lowest BCUT2D eigenvalue weighted by Crippen LogP contribution is -2.02. The van der Waals surface area contributed by atoms with Gasteiger partial charge < -0.3 is 0 Å². The van der Waals surface area contributed by atoms with E-state index in [-0.39, 0.29) is 0 Å². The maximum atomic E-state index is 4.79. The molecular weight excluding hydrogens is 206 g/mol. The molecule has 17 heavy (non-hydrogen) atoms. The van der Waals surface area contributed by atoms with Crippen LogP contribution >= 0.6 is 0 Å². The minimum Gasteiger partial charge on any atom is -0.252 e. The molecule has 1 nitrogen and oxygen atoms in total. The average Bonchev–Trinajstić information content (AvgIpc) is 2.40. The van der Waals surface area contributed by atoms with Crippen LogP contribution in [0.15, 0.2) is 42.5 Å². The molecule has 0 spiro atoms. The highest BCUT2D eigenvalue weighted by Gasteiger charge is 2.11. The van der Waals surface area contributed by atoms with E-state index in [1.807, 2.05) is 6.07 Å². The molecule has 0 radical (unpaired) electrons. The molecule has 1 aromatic heterocycles. The second kappa shape index (κ2) is 4.17. The van der Waals surface area contributed by atoms with Crippen molar-refractivity contribution in [2.45, 2.75) is 19.8 Å². The van der Waals surface area contributed by atoms with Gasteiger partial charge in [0.2, 0.25) is 0 Å². The highest BCUT2D eigenvalue weighted by Crippen LogP contribution is 2.26. The summed E-state index contributed by atoms with van der Waals surface area (Å²) in [6.45, 7) is 2.17. The number of pyridine rings is 1. The van der Waals surface area contributed by atoms with E-state index in [0.29, 0.717) is 0 Å². The molecular formula is C16H15N. The molecule has 0 saturated heterocycles. The second-order valence-corrected chi connectivity index (χ2v) is 4.49. The molecule has 1 heteroatoms. The van der Waals surface area contributed by atoms with E-state index in [2.05, 4.69) is 49.4 Å². The number of hydrogen-bond acceptors (Lipinski definition) is 1. The van der Waals surface area contributed by atoms with Gasteiger partial charge in [0.1, 0.15) is 0 Å². The fourth-order valence-corrected chi connectivity index (χ4v) is 2.34. The van der Waals surface area contributed by atoms with Crippen LogP contribution < -0.4 is 0 Å². The number of nitrogens with zero attached hydrogens (tertiary/aromatic N) is 1. The third kappa shape index (κ3) is 1.89. The minimum absolute atomic E-state index is 1.06. The van der Waals surface area contributed by atoms with E-state index in [4.69, 9.17) is 4.98 Å². The number of hydrogen-bond donors (Lipinski definition) is 0. The van der Waals surface area contributed by atoms with Crippen LogP contribution in [0.4, 0.5) is 0 Å². The summed E-state index contributed by atoms with van der Waals surface area (Å²) in [4.78, 5) is 4.79. The average molecular weight is 221 g/mol. The lowest BCUT2D eigenvalue weighted by atomic mass is 9.97. The van der Waals surface area contributed by atoms with Crippen LogP contribution in [-0.2, 0) is 6.42 Å². The Labute approximate surface area is 102 Å². The molecule has 0 aliphatic heterocycles. The molecule has 1 aromatic carbocycles. The molecule has 0 atom stereocenters. The van der Waals surface area contributed by atoms with Crippen molar-refractivity contribution in [3.8, 4) is 11.3 Å². The quantitative estimate of drug-likeness (QED) is 0.708. The highest BCUT2D eigenvalue weighted by atomic mass is 14.7. The Kier molecular flexibility index (Phi) is 2.52. The minimum atomic E-state index is 1.06. The zero-order chi connectivity index (χ0) is 11.7. The van der Waals surface area contributed by atoms with Gasteiger partial charge in [0, 0.05) is 11.3 Å². The Balaban J connectivity index is 2.15. The van der Waals surface area contributed by atoms with Crippen molar-refractivity contribution in [1.82, 2.24) is 4.98 Å². The van der Waals surface area contributed by atoms with E-state index in [9.17, 15) is 0 Å². The fourth-order valence-electron chi connectivity index (χ4n) is 2.34. The summed E-state index contributed by atoms with van der Waals surface area (Å²) in [5.41, 5.74) is 6.18. The Hall–Kier alpha value is -1.89. The summed E-state index contributed by atoms with van der Waals surface area (Å²) in [6.07, 6.45) is 6.61. The molecule has 0 N–H and O–H groups in total. The summed E-state index contributed by atoms with van der Waals surface area (Å²) in [5.74, 6) is 0. The van der Waals surface area contributed by atoms with Crippen molar-refractivity contribution in [1.29, 1.82) is 0 Å². The van der Waals surface area contributed by atoms with Crippen LogP contribution in [0.3, 0.4) is 0 Å². The van der Waals surface area contributed by atoms with Gasteiger partial charge in [-0.3, -0.25) is 4.98 Å². The number of fused-ring (bicyclic) bond motifs is 1. The van der Waals surface area contributed by atoms with E-state index < -0.39 is 0 Å². The maximum absolute atomic E-state index is 4.79. The third-order valence-corrected chi connectivity index (χ3v) is 3.25. The molecule has 1 heterocycles. The lowest BCUT2D eigenvalue weighted by molar-refractivity contribution is 0.924. The van der Waals surface area contributed by atoms with Gasteiger partial charge in [-0.2, -0.15) is 0 Å². The Morgan fingerprint density at radius 3 is 2.76 bits per heavy atom. The zero-order valence-corrected chi connectivity index (χ0v) is 9.98. The number of aryl methyl sites for hydroxylation is 2. The largest absolute Gasteiger partial charge is 0.252 e. The van der Waals surface area contributed by atoms with Crippen LogP contribution in [0.2, 0.25) is 0 Å². The fraction of sp³-hybridized carbons (Fsp3) is 0.188. The summed E-state index contributed by atoms with van der Waals surface area (Å²) < 4.78 is 0. The van der Waals surface area contributed by atoms with Crippen LogP contribution in [0.5, 0.6) is 0 Å². The van der Waals surface area contributed by atoms with E-state index >= 15 is 0 Å². The first kappa shape index (κ1) is 10.3. The molecule has 0 unspecified atom stereocenters. The van der Waals surface area contributed by atoms with Gasteiger partial charge >= 0.3 is 0 Å². The predicted octanol–water partition coefficient (Wildman–Crippen LogP) is 4.02. The second-order valence-electron chi connectivity index (χ2n) is 4.49. The van der Waals surface area contributed by atoms with Gasteiger partial charge in [-0.15, -0.1) is 0 Å². The zero-order valence-electron chi connectivity index (χ0n) is 9.98. The molecule has 0 amide bonds. The van der Waals surface area contributed by atoms with Crippen molar-refractivity contribution in [3.05, 3.63) is 59.3 Å². The number of allylic oxidation sites excluding steroid dienone is 1. The van der Waals surface area contributed by atoms with Gasteiger partial charge in [-0.25, -0.2) is 0 Å². The first-order valence-electron chi connectivity index (χ1n) is 6.07. The Morgan fingerprint density at radius 2 is 1.94 bits per heavy atom. The first-order valence-corrected chi connectivity index (χ1v) is 6.07. The molecule has 0 fully saturated rings. The monoisotopic (exact) mass is 221 g/mol. The first-order chi connectivity index (χ1) is 8.34. The normalized spacial score (nSPS) is 13.5. The third-order valence-electron chi connectivity index (χ3n) is 3.25. The van der Waals surface area contributed by atoms with Crippen LogP contribution in [0.25, 0.3) is 17.3 Å². The molecule has 2 aromatic rings.